The number of fused-ring (bicyclic) bond motifs is 1. The lowest BCUT2D eigenvalue weighted by molar-refractivity contribution is -0.127. The van der Waals surface area contributed by atoms with Gasteiger partial charge in [-0.25, -0.2) is 0 Å². The molecule has 3 nitrogen and oxygen atoms in total. The normalized spacial score (nSPS) is 15.6. The predicted molar refractivity (Wildman–Crippen MR) is 98.2 cm³/mol. The Morgan fingerprint density at radius 2 is 2.00 bits per heavy atom. The molecule has 0 spiro atoms. The van der Waals surface area contributed by atoms with Gasteiger partial charge in [0.15, 0.2) is 6.10 Å². The van der Waals surface area contributed by atoms with Crippen LogP contribution < -0.4 is 10.1 Å². The minimum absolute atomic E-state index is 0.0560. The number of carbonyl (C=O) groups excluding carboxylic acids is 1. The summed E-state index contributed by atoms with van der Waals surface area (Å²) in [5.74, 6) is 0.672. The second kappa shape index (κ2) is 8.00. The van der Waals surface area contributed by atoms with Crippen molar-refractivity contribution in [3.05, 3.63) is 54.1 Å². The standard InChI is InChI=1S/C21H25NO2/c1-16(21(23)22-14-13-17-7-3-2-4-8-17)24-20-12-11-18-9-5-6-10-19(18)15-20/h5-7,9-12,15-16H,2-4,8,13-14H2,1H3,(H,22,23)/t16-/m1/s1. The van der Waals surface area contributed by atoms with E-state index in [4.69, 9.17) is 4.74 Å². The Morgan fingerprint density at radius 1 is 1.17 bits per heavy atom. The molecule has 2 aromatic rings. The van der Waals surface area contributed by atoms with Crippen LogP contribution in [-0.4, -0.2) is 18.6 Å². The number of ether oxygens (including phenoxy) is 1. The molecule has 126 valence electrons. The van der Waals surface area contributed by atoms with Crippen molar-refractivity contribution in [2.45, 2.75) is 45.1 Å². The van der Waals surface area contributed by atoms with Crippen molar-refractivity contribution in [2.75, 3.05) is 6.54 Å². The summed E-state index contributed by atoms with van der Waals surface area (Å²) in [6, 6.07) is 14.0. The highest BCUT2D eigenvalue weighted by atomic mass is 16.5. The van der Waals surface area contributed by atoms with Gasteiger partial charge in [-0.05, 0) is 61.9 Å². The van der Waals surface area contributed by atoms with Crippen molar-refractivity contribution < 1.29 is 9.53 Å². The number of nitrogens with one attached hydrogen (secondary N) is 1. The third kappa shape index (κ3) is 4.38. The lowest BCUT2D eigenvalue weighted by Crippen LogP contribution is -2.36. The SMILES string of the molecule is C[C@@H](Oc1ccc2ccccc2c1)C(=O)NCCC1=CCCCC1. The van der Waals surface area contributed by atoms with E-state index in [-0.39, 0.29) is 5.91 Å². The molecule has 3 rings (SSSR count). The first-order chi connectivity index (χ1) is 11.7. The number of carbonyl (C=O) groups is 1. The Balaban J connectivity index is 1.50. The zero-order valence-corrected chi connectivity index (χ0v) is 14.3. The summed E-state index contributed by atoms with van der Waals surface area (Å²) >= 11 is 0. The second-order valence-corrected chi connectivity index (χ2v) is 6.42. The average molecular weight is 323 g/mol. The van der Waals surface area contributed by atoms with Gasteiger partial charge in [0.05, 0.1) is 0 Å². The smallest absolute Gasteiger partial charge is 0.260 e. The molecular formula is C21H25NO2. The van der Waals surface area contributed by atoms with Gasteiger partial charge >= 0.3 is 0 Å². The summed E-state index contributed by atoms with van der Waals surface area (Å²) in [7, 11) is 0. The minimum atomic E-state index is -0.494. The van der Waals surface area contributed by atoms with E-state index >= 15 is 0 Å². The molecule has 1 N–H and O–H groups in total. The first kappa shape index (κ1) is 16.6. The maximum Gasteiger partial charge on any atom is 0.260 e. The maximum absolute atomic E-state index is 12.2. The molecule has 1 atom stereocenters. The van der Waals surface area contributed by atoms with Gasteiger partial charge in [0, 0.05) is 6.54 Å². The maximum atomic E-state index is 12.2. The van der Waals surface area contributed by atoms with Gasteiger partial charge in [0.1, 0.15) is 5.75 Å². The summed E-state index contributed by atoms with van der Waals surface area (Å²) in [5.41, 5.74) is 1.48. The molecule has 2 aromatic carbocycles. The fraction of sp³-hybridized carbons (Fsp3) is 0.381. The molecule has 0 aliphatic heterocycles. The summed E-state index contributed by atoms with van der Waals surface area (Å²) in [6.45, 7) is 2.49. The average Bonchev–Trinajstić information content (AvgIpc) is 2.62. The van der Waals surface area contributed by atoms with E-state index in [1.165, 1.54) is 36.6 Å². The van der Waals surface area contributed by atoms with Gasteiger partial charge in [-0.1, -0.05) is 42.0 Å². The summed E-state index contributed by atoms with van der Waals surface area (Å²) in [6.07, 6.45) is 7.72. The molecule has 0 saturated heterocycles. The van der Waals surface area contributed by atoms with Crippen LogP contribution in [0.15, 0.2) is 54.1 Å². The van der Waals surface area contributed by atoms with Crippen molar-refractivity contribution in [1.82, 2.24) is 5.32 Å². The van der Waals surface area contributed by atoms with Crippen LogP contribution in [0.25, 0.3) is 10.8 Å². The molecule has 0 bridgehead atoms. The number of benzene rings is 2. The topological polar surface area (TPSA) is 38.3 Å². The minimum Gasteiger partial charge on any atom is -0.481 e. The first-order valence-electron chi connectivity index (χ1n) is 8.83. The molecule has 0 saturated carbocycles. The van der Waals surface area contributed by atoms with E-state index in [9.17, 15) is 4.79 Å². The van der Waals surface area contributed by atoms with Crippen LogP contribution in [0.1, 0.15) is 39.0 Å². The van der Waals surface area contributed by atoms with E-state index in [0.717, 1.165) is 17.6 Å². The van der Waals surface area contributed by atoms with Gasteiger partial charge in [-0.3, -0.25) is 4.79 Å². The van der Waals surface area contributed by atoms with E-state index in [0.29, 0.717) is 6.54 Å². The summed E-state index contributed by atoms with van der Waals surface area (Å²) in [5, 5.41) is 5.27. The molecule has 0 aromatic heterocycles. The van der Waals surface area contributed by atoms with Crippen molar-refractivity contribution in [3.63, 3.8) is 0 Å². The summed E-state index contributed by atoms with van der Waals surface area (Å²) < 4.78 is 5.80. The highest BCUT2D eigenvalue weighted by Crippen LogP contribution is 2.22. The second-order valence-electron chi connectivity index (χ2n) is 6.42. The van der Waals surface area contributed by atoms with Gasteiger partial charge < -0.3 is 10.1 Å². The summed E-state index contributed by atoms with van der Waals surface area (Å²) in [4.78, 5) is 12.2. The molecule has 1 amide bonds. The van der Waals surface area contributed by atoms with Gasteiger partial charge in [0.25, 0.3) is 5.91 Å². The molecule has 1 aliphatic rings. The van der Waals surface area contributed by atoms with Crippen LogP contribution in [-0.2, 0) is 4.79 Å². The first-order valence-corrected chi connectivity index (χ1v) is 8.83. The van der Waals surface area contributed by atoms with Crippen molar-refractivity contribution in [1.29, 1.82) is 0 Å². The van der Waals surface area contributed by atoms with Crippen molar-refractivity contribution >= 4 is 16.7 Å². The van der Waals surface area contributed by atoms with E-state index in [2.05, 4.69) is 17.5 Å². The highest BCUT2D eigenvalue weighted by Gasteiger charge is 2.14. The van der Waals surface area contributed by atoms with E-state index in [1.807, 2.05) is 36.4 Å². The number of hydrogen-bond acceptors (Lipinski definition) is 2. The molecule has 1 aliphatic carbocycles. The van der Waals surface area contributed by atoms with Crippen LogP contribution in [0.5, 0.6) is 5.75 Å². The molecular weight excluding hydrogens is 298 g/mol. The Bertz CT molecular complexity index is 735. The fourth-order valence-electron chi connectivity index (χ4n) is 3.12. The third-order valence-corrected chi connectivity index (χ3v) is 4.53. The number of allylic oxidation sites excluding steroid dienone is 1. The molecule has 0 unspecified atom stereocenters. The predicted octanol–water partition coefficient (Wildman–Crippen LogP) is 4.61. The van der Waals surface area contributed by atoms with Crippen LogP contribution in [0.2, 0.25) is 0 Å². The molecule has 3 heteroatoms. The molecule has 0 fully saturated rings. The zero-order chi connectivity index (χ0) is 16.8. The Labute approximate surface area is 143 Å². The molecule has 0 radical (unpaired) electrons. The van der Waals surface area contributed by atoms with Crippen LogP contribution in [0.4, 0.5) is 0 Å². The lowest BCUT2D eigenvalue weighted by atomic mass is 9.97. The monoisotopic (exact) mass is 323 g/mol. The third-order valence-electron chi connectivity index (χ3n) is 4.53. The fourth-order valence-corrected chi connectivity index (χ4v) is 3.12. The van der Waals surface area contributed by atoms with Crippen molar-refractivity contribution in [2.24, 2.45) is 0 Å². The van der Waals surface area contributed by atoms with Crippen molar-refractivity contribution in [3.8, 4) is 5.75 Å². The Morgan fingerprint density at radius 3 is 2.79 bits per heavy atom. The van der Waals surface area contributed by atoms with E-state index in [1.54, 1.807) is 6.92 Å². The highest BCUT2D eigenvalue weighted by molar-refractivity contribution is 5.84. The zero-order valence-electron chi connectivity index (χ0n) is 14.3. The van der Waals surface area contributed by atoms with Crippen LogP contribution in [0, 0.1) is 0 Å². The molecule has 24 heavy (non-hydrogen) atoms. The van der Waals surface area contributed by atoms with Gasteiger partial charge in [-0.15, -0.1) is 0 Å². The number of amides is 1. The van der Waals surface area contributed by atoms with Gasteiger partial charge in [-0.2, -0.15) is 0 Å². The Hall–Kier alpha value is -2.29. The Kier molecular flexibility index (Phi) is 5.52. The lowest BCUT2D eigenvalue weighted by Gasteiger charge is -2.16. The van der Waals surface area contributed by atoms with E-state index < -0.39 is 6.10 Å². The van der Waals surface area contributed by atoms with Gasteiger partial charge in [0.2, 0.25) is 0 Å². The van der Waals surface area contributed by atoms with Crippen LogP contribution in [0.3, 0.4) is 0 Å². The number of hydrogen-bond donors (Lipinski definition) is 1. The largest absolute Gasteiger partial charge is 0.481 e. The number of rotatable bonds is 6. The van der Waals surface area contributed by atoms with Crippen LogP contribution >= 0.6 is 0 Å². The quantitative estimate of drug-likeness (QED) is 0.788. The molecule has 0 heterocycles.